The third-order valence-electron chi connectivity index (χ3n) is 4.07. The number of aromatic nitrogens is 3. The molecule has 3 heterocycles. The van der Waals surface area contributed by atoms with E-state index in [-0.39, 0.29) is 0 Å². The van der Waals surface area contributed by atoms with Gasteiger partial charge < -0.3 is 25.7 Å². The Bertz CT molecular complexity index is 1220. The molecular formula is C17H18F3N7O4. The zero-order valence-electron chi connectivity index (χ0n) is 20.6. The van der Waals surface area contributed by atoms with E-state index in [1.54, 1.807) is 0 Å². The average molecular weight is 446 g/mol. The molecule has 2 aromatic heterocycles. The summed E-state index contributed by atoms with van der Waals surface area (Å²) in [7, 11) is 0. The topological polar surface area (TPSA) is 160 Å². The number of nitrogens with two attached hydrogens (primary N) is 2. The van der Waals surface area contributed by atoms with Crippen LogP contribution in [0.3, 0.4) is 0 Å². The predicted molar refractivity (Wildman–Crippen MR) is 101 cm³/mol. The monoisotopic (exact) mass is 446 g/mol. The fourth-order valence-electron chi connectivity index (χ4n) is 2.49. The molecule has 166 valence electrons. The Morgan fingerprint density at radius 2 is 2.19 bits per heavy atom. The molecule has 11 nitrogen and oxygen atoms in total. The Hall–Kier alpha value is -3.84. The first-order chi connectivity index (χ1) is 16.4. The predicted octanol–water partition coefficient (Wildman–Crippen LogP) is 1.80. The van der Waals surface area contributed by atoms with Gasteiger partial charge in [0.25, 0.3) is 11.9 Å². The lowest BCUT2D eigenvalue weighted by Gasteiger charge is -2.36. The molecule has 5 N–H and O–H groups in total. The Morgan fingerprint density at radius 3 is 2.90 bits per heavy atom. The lowest BCUT2D eigenvalue weighted by molar-refractivity contribution is -0.118. The van der Waals surface area contributed by atoms with Crippen molar-refractivity contribution in [2.45, 2.75) is 25.2 Å². The van der Waals surface area contributed by atoms with Crippen molar-refractivity contribution in [3.05, 3.63) is 29.8 Å². The number of amidine groups is 1. The molecule has 14 heteroatoms. The summed E-state index contributed by atoms with van der Waals surface area (Å²) in [5, 5.41) is 2.07. The number of aliphatic imine (C=N–C) groups is 1. The van der Waals surface area contributed by atoms with Gasteiger partial charge >= 0.3 is 12.0 Å². The summed E-state index contributed by atoms with van der Waals surface area (Å²) in [5.41, 5.74) is 7.58. The lowest BCUT2D eigenvalue weighted by atomic mass is 9.89. The van der Waals surface area contributed by atoms with E-state index in [2.05, 4.69) is 34.7 Å². The molecule has 0 spiro atoms. The van der Waals surface area contributed by atoms with Crippen LogP contribution < -0.4 is 26.3 Å². The highest BCUT2D eigenvalue weighted by Crippen LogP contribution is 2.43. The van der Waals surface area contributed by atoms with Gasteiger partial charge in [-0.3, -0.25) is 5.32 Å². The molecule has 0 saturated heterocycles. The van der Waals surface area contributed by atoms with Gasteiger partial charge in [0.05, 0.1) is 15.5 Å². The van der Waals surface area contributed by atoms with Crippen molar-refractivity contribution in [2.24, 2.45) is 10.7 Å². The average Bonchev–Trinajstić information content (AvgIpc) is 2.73. The molecule has 0 radical (unpaired) electrons. The van der Waals surface area contributed by atoms with Gasteiger partial charge in [-0.1, -0.05) is 0 Å². The third-order valence-corrected chi connectivity index (χ3v) is 4.07. The minimum absolute atomic E-state index is 0.411. The number of hydrogen-bond donors (Lipinski definition) is 3. The molecule has 0 aliphatic carbocycles. The number of hydrogen-bond acceptors (Lipinski definition) is 10. The molecular weight excluding hydrogens is 423 g/mol. The summed E-state index contributed by atoms with van der Waals surface area (Å²) >= 11 is 0. The molecule has 1 aliphatic heterocycles. The molecule has 1 atom stereocenters. The molecule has 0 fully saturated rings. The van der Waals surface area contributed by atoms with Crippen LogP contribution in [0, 0.1) is 5.82 Å². The van der Waals surface area contributed by atoms with E-state index in [1.165, 1.54) is 0 Å². The second-order valence-electron chi connectivity index (χ2n) is 6.16. The smallest absolute Gasteiger partial charge is 0.419 e. The molecule has 1 amide bonds. The first kappa shape index (κ1) is 15.9. The van der Waals surface area contributed by atoms with Gasteiger partial charge in [-0.25, -0.2) is 24.1 Å². The number of alkyl halides is 2. The van der Waals surface area contributed by atoms with Gasteiger partial charge in [0.2, 0.25) is 5.88 Å². The molecule has 0 bridgehead atoms. The number of carbonyl (C=O) groups is 1. The standard InChI is InChI=1S/C17H18F3N7O4/c1-3-29-10-6-23-13(12(21)26-10)31-15(28)25-9-5-4-8(18)11(24-9)16(2)17(19,20)7-30-14(22)27-16/h4-6H,3,7H2,1-2H3,(H2,21,26)(H2,22,27)(H,24,25,28)/t16-/m1/s1/i1D3,3D2. The number of carbonyl (C=O) groups excluding carboxylic acids is 1. The van der Waals surface area contributed by atoms with Crippen molar-refractivity contribution in [3.8, 4) is 11.8 Å². The highest BCUT2D eigenvalue weighted by atomic mass is 19.3. The number of rotatable bonds is 5. The highest BCUT2D eigenvalue weighted by Gasteiger charge is 2.57. The first-order valence-electron chi connectivity index (χ1n) is 10.8. The maximum Gasteiger partial charge on any atom is 0.419 e. The number of ether oxygens (including phenoxy) is 3. The maximum atomic E-state index is 14.5. The largest absolute Gasteiger partial charge is 0.477 e. The fourth-order valence-corrected chi connectivity index (χ4v) is 2.49. The van der Waals surface area contributed by atoms with Crippen molar-refractivity contribution < 1.29 is 39.0 Å². The normalized spacial score (nSPS) is 23.0. The Kier molecular flexibility index (Phi) is 4.17. The van der Waals surface area contributed by atoms with Crippen molar-refractivity contribution in [3.63, 3.8) is 0 Å². The van der Waals surface area contributed by atoms with Crippen LogP contribution in [-0.2, 0) is 10.3 Å². The summed E-state index contributed by atoms with van der Waals surface area (Å²) in [6.45, 7) is -6.55. The van der Waals surface area contributed by atoms with Crippen molar-refractivity contribution in [1.29, 1.82) is 0 Å². The molecule has 0 saturated carbocycles. The van der Waals surface area contributed by atoms with E-state index in [4.69, 9.17) is 23.1 Å². The van der Waals surface area contributed by atoms with E-state index < -0.39 is 78.5 Å². The van der Waals surface area contributed by atoms with E-state index in [1.807, 2.05) is 0 Å². The first-order valence-corrected chi connectivity index (χ1v) is 8.28. The summed E-state index contributed by atoms with van der Waals surface area (Å²) in [5.74, 6) is -7.07. The SMILES string of the molecule is [2H]C([2H])([2H])C([2H])([2H])Oc1cnc(OC(=O)Nc2ccc(F)c([C@@]3(C)N=C(N)OCC3(F)F)n2)c(N)n1. The number of nitrogens with one attached hydrogen (secondary N) is 1. The minimum atomic E-state index is -3.70. The van der Waals surface area contributed by atoms with Crippen LogP contribution in [0.5, 0.6) is 11.8 Å². The van der Waals surface area contributed by atoms with Crippen molar-refractivity contribution >= 4 is 23.8 Å². The van der Waals surface area contributed by atoms with E-state index >= 15 is 0 Å². The van der Waals surface area contributed by atoms with Gasteiger partial charge in [0.1, 0.15) is 17.3 Å². The molecule has 0 unspecified atom stereocenters. The van der Waals surface area contributed by atoms with Crippen LogP contribution in [0.15, 0.2) is 23.3 Å². The second kappa shape index (κ2) is 8.12. The molecule has 1 aliphatic rings. The molecule has 0 aromatic carbocycles. The number of amides is 1. The summed E-state index contributed by atoms with van der Waals surface area (Å²) in [4.78, 5) is 26.6. The Morgan fingerprint density at radius 1 is 1.42 bits per heavy atom. The molecule has 3 rings (SSSR count). The third kappa shape index (κ3) is 4.36. The molecule has 31 heavy (non-hydrogen) atoms. The van der Waals surface area contributed by atoms with E-state index in [0.29, 0.717) is 0 Å². The van der Waals surface area contributed by atoms with Crippen LogP contribution >= 0.6 is 0 Å². The van der Waals surface area contributed by atoms with Crippen LogP contribution in [0.4, 0.5) is 29.6 Å². The number of nitrogens with zero attached hydrogens (tertiary/aromatic N) is 4. The van der Waals surface area contributed by atoms with Crippen molar-refractivity contribution in [1.82, 2.24) is 15.0 Å². The Balaban J connectivity index is 1.78. The Labute approximate surface area is 180 Å². The quantitative estimate of drug-likeness (QED) is 0.622. The van der Waals surface area contributed by atoms with Crippen LogP contribution in [0.2, 0.25) is 0 Å². The van der Waals surface area contributed by atoms with E-state index in [9.17, 15) is 18.0 Å². The van der Waals surface area contributed by atoms with Crippen LogP contribution in [0.1, 0.15) is 26.3 Å². The van der Waals surface area contributed by atoms with Gasteiger partial charge in [-0.2, -0.15) is 13.8 Å². The zero-order chi connectivity index (χ0) is 27.1. The minimum Gasteiger partial charge on any atom is -0.477 e. The van der Waals surface area contributed by atoms with Crippen molar-refractivity contribution in [2.75, 3.05) is 24.2 Å². The zero-order valence-corrected chi connectivity index (χ0v) is 15.6. The van der Waals surface area contributed by atoms with Gasteiger partial charge in [-0.05, 0) is 25.9 Å². The number of anilines is 2. The summed E-state index contributed by atoms with van der Waals surface area (Å²) < 4.78 is 93.6. The van der Waals surface area contributed by atoms with Crippen LogP contribution in [-0.4, -0.2) is 46.2 Å². The van der Waals surface area contributed by atoms with Crippen LogP contribution in [0.25, 0.3) is 0 Å². The van der Waals surface area contributed by atoms with Gasteiger partial charge in [-0.15, -0.1) is 0 Å². The van der Waals surface area contributed by atoms with Gasteiger partial charge in [0, 0.05) is 4.11 Å². The molecule has 2 aromatic rings. The fraction of sp³-hybridized carbons (Fsp3) is 0.353. The summed E-state index contributed by atoms with van der Waals surface area (Å²) in [6, 6.07) is 1.12. The number of nitrogen functional groups attached to an aromatic ring is 1. The number of halogens is 3. The second-order valence-corrected chi connectivity index (χ2v) is 6.16. The number of pyridine rings is 1. The highest BCUT2D eigenvalue weighted by molar-refractivity contribution is 5.85. The lowest BCUT2D eigenvalue weighted by Crippen LogP contribution is -2.51. The van der Waals surface area contributed by atoms with E-state index in [0.717, 1.165) is 25.3 Å². The van der Waals surface area contributed by atoms with Gasteiger partial charge in [0.15, 0.2) is 18.0 Å². The summed E-state index contributed by atoms with van der Waals surface area (Å²) in [6.07, 6.45) is -0.549. The maximum absolute atomic E-state index is 14.5.